The Labute approximate surface area is 217 Å². The highest BCUT2D eigenvalue weighted by Gasteiger charge is 2.34. The van der Waals surface area contributed by atoms with Gasteiger partial charge in [-0.05, 0) is 48.1 Å². The van der Waals surface area contributed by atoms with E-state index in [9.17, 15) is 13.2 Å². The third-order valence-electron chi connectivity index (χ3n) is 6.41. The summed E-state index contributed by atoms with van der Waals surface area (Å²) in [5.74, 6) is 0.185. The van der Waals surface area contributed by atoms with Gasteiger partial charge in [0.1, 0.15) is 0 Å². The van der Waals surface area contributed by atoms with Crippen molar-refractivity contribution in [3.8, 4) is 11.4 Å². The van der Waals surface area contributed by atoms with Crippen LogP contribution >= 0.6 is 11.6 Å². The van der Waals surface area contributed by atoms with Gasteiger partial charge >= 0.3 is 0 Å². The van der Waals surface area contributed by atoms with Gasteiger partial charge < -0.3 is 9.42 Å². The van der Waals surface area contributed by atoms with Gasteiger partial charge in [0.25, 0.3) is 0 Å². The van der Waals surface area contributed by atoms with Crippen molar-refractivity contribution in [2.45, 2.75) is 50.5 Å². The fraction of sp³-hybridized carbons (Fsp3) is 0.423. The first-order valence-corrected chi connectivity index (χ1v) is 13.7. The first-order valence-electron chi connectivity index (χ1n) is 11.9. The largest absolute Gasteiger partial charge is 0.337 e. The minimum absolute atomic E-state index is 0.0485. The molecule has 1 saturated heterocycles. The third-order valence-corrected chi connectivity index (χ3v) is 8.54. The molecule has 2 heterocycles. The lowest BCUT2D eigenvalue weighted by atomic mass is 9.87. The summed E-state index contributed by atoms with van der Waals surface area (Å²) >= 11 is 5.90. The number of halogens is 1. The Hall–Kier alpha value is -2.75. The lowest BCUT2D eigenvalue weighted by Gasteiger charge is -2.33. The summed E-state index contributed by atoms with van der Waals surface area (Å²) in [5.41, 5.74) is 2.09. The Morgan fingerprint density at radius 3 is 2.44 bits per heavy atom. The highest BCUT2D eigenvalue weighted by molar-refractivity contribution is 7.89. The van der Waals surface area contributed by atoms with Crippen LogP contribution in [0.4, 0.5) is 0 Å². The molecule has 0 saturated carbocycles. The predicted molar refractivity (Wildman–Crippen MR) is 138 cm³/mol. The summed E-state index contributed by atoms with van der Waals surface area (Å²) in [6.45, 7) is 7.11. The van der Waals surface area contributed by atoms with E-state index in [1.807, 2.05) is 24.3 Å². The van der Waals surface area contributed by atoms with Crippen molar-refractivity contribution in [3.63, 3.8) is 0 Å². The summed E-state index contributed by atoms with van der Waals surface area (Å²) in [4.78, 5) is 19.3. The van der Waals surface area contributed by atoms with Gasteiger partial charge in [0.05, 0.1) is 17.4 Å². The molecule has 1 fully saturated rings. The molecule has 2 aromatic carbocycles. The molecular formula is C26H31ClN4O4S. The topological polar surface area (TPSA) is 96.6 Å². The van der Waals surface area contributed by atoms with Crippen LogP contribution in [0.5, 0.6) is 0 Å². The molecule has 0 unspecified atom stereocenters. The molecule has 0 spiro atoms. The van der Waals surface area contributed by atoms with Crippen LogP contribution in [-0.2, 0) is 26.8 Å². The van der Waals surface area contributed by atoms with Gasteiger partial charge in [-0.1, -0.05) is 61.8 Å². The van der Waals surface area contributed by atoms with Crippen molar-refractivity contribution >= 4 is 27.5 Å². The van der Waals surface area contributed by atoms with Crippen molar-refractivity contribution in [1.29, 1.82) is 0 Å². The van der Waals surface area contributed by atoms with E-state index in [-0.39, 0.29) is 29.3 Å². The zero-order valence-electron chi connectivity index (χ0n) is 20.9. The Morgan fingerprint density at radius 2 is 1.81 bits per heavy atom. The molecule has 1 aliphatic heterocycles. The predicted octanol–water partition coefficient (Wildman–Crippen LogP) is 4.75. The van der Waals surface area contributed by atoms with Crippen molar-refractivity contribution in [1.82, 2.24) is 19.3 Å². The summed E-state index contributed by atoms with van der Waals surface area (Å²) in [5, 5.41) is 4.53. The van der Waals surface area contributed by atoms with Gasteiger partial charge in [0.2, 0.25) is 27.6 Å². The number of aromatic nitrogens is 2. The maximum Gasteiger partial charge on any atom is 0.246 e. The van der Waals surface area contributed by atoms with Gasteiger partial charge in [0, 0.05) is 30.7 Å². The molecule has 0 radical (unpaired) electrons. The highest BCUT2D eigenvalue weighted by atomic mass is 35.5. The minimum atomic E-state index is -3.71. The fourth-order valence-electron chi connectivity index (χ4n) is 4.27. The van der Waals surface area contributed by atoms with Crippen LogP contribution in [0.1, 0.15) is 45.1 Å². The Morgan fingerprint density at radius 1 is 1.14 bits per heavy atom. The van der Waals surface area contributed by atoms with E-state index >= 15 is 0 Å². The number of piperidine rings is 1. The lowest BCUT2D eigenvalue weighted by Crippen LogP contribution is -2.45. The zero-order valence-corrected chi connectivity index (χ0v) is 22.5. The Balaban J connectivity index is 1.40. The number of carbonyl (C=O) groups is 1. The number of amides is 1. The van der Waals surface area contributed by atoms with E-state index in [1.165, 1.54) is 26.9 Å². The van der Waals surface area contributed by atoms with Crippen molar-refractivity contribution in [2.75, 3.05) is 20.1 Å². The number of hydrogen-bond acceptors (Lipinski definition) is 6. The molecule has 1 atom stereocenters. The molecule has 0 bridgehead atoms. The zero-order chi connectivity index (χ0) is 26.1. The van der Waals surface area contributed by atoms with Crippen LogP contribution in [-0.4, -0.2) is 53.8 Å². The van der Waals surface area contributed by atoms with Crippen LogP contribution in [0.2, 0.25) is 5.02 Å². The van der Waals surface area contributed by atoms with E-state index < -0.39 is 15.9 Å². The van der Waals surface area contributed by atoms with Gasteiger partial charge in [0.15, 0.2) is 0 Å². The number of sulfonamides is 1. The van der Waals surface area contributed by atoms with Gasteiger partial charge in [-0.25, -0.2) is 8.42 Å². The van der Waals surface area contributed by atoms with Gasteiger partial charge in [-0.2, -0.15) is 9.29 Å². The number of hydrogen-bond donors (Lipinski definition) is 0. The smallest absolute Gasteiger partial charge is 0.246 e. The van der Waals surface area contributed by atoms with E-state index in [2.05, 4.69) is 30.9 Å². The molecule has 4 rings (SSSR count). The van der Waals surface area contributed by atoms with E-state index in [0.29, 0.717) is 36.1 Å². The molecule has 3 aromatic rings. The molecule has 10 heteroatoms. The second-order valence-corrected chi connectivity index (χ2v) is 12.6. The van der Waals surface area contributed by atoms with Crippen LogP contribution in [0.25, 0.3) is 11.4 Å². The maximum absolute atomic E-state index is 13.2. The Kier molecular flexibility index (Phi) is 7.54. The van der Waals surface area contributed by atoms with Crippen LogP contribution in [0.15, 0.2) is 57.9 Å². The first-order chi connectivity index (χ1) is 16.9. The molecule has 0 aliphatic carbocycles. The van der Waals surface area contributed by atoms with E-state index in [1.54, 1.807) is 19.2 Å². The molecule has 8 nitrogen and oxygen atoms in total. The normalized spacial score (nSPS) is 17.2. The minimum Gasteiger partial charge on any atom is -0.337 e. The summed E-state index contributed by atoms with van der Waals surface area (Å²) in [7, 11) is -2.04. The third kappa shape index (κ3) is 5.79. The Bertz CT molecular complexity index is 1320. The first kappa shape index (κ1) is 26.3. The van der Waals surface area contributed by atoms with Crippen LogP contribution in [0.3, 0.4) is 0 Å². The standard InChI is InChI=1S/C26H31ClN4O4S/c1-26(2,3)20-9-7-18(8-10-20)24-28-23(35-29-24)17-30(4)25(32)19-6-5-15-31(16-19)36(33,34)22-13-11-21(27)12-14-22/h7-14,19H,5-6,15-17H2,1-4H3/t19-/m1/s1. The lowest BCUT2D eigenvalue weighted by molar-refractivity contribution is -0.136. The van der Waals surface area contributed by atoms with Crippen LogP contribution < -0.4 is 0 Å². The van der Waals surface area contributed by atoms with Crippen LogP contribution in [0, 0.1) is 5.92 Å². The molecule has 1 amide bonds. The highest BCUT2D eigenvalue weighted by Crippen LogP contribution is 2.27. The average molecular weight is 531 g/mol. The van der Waals surface area contributed by atoms with Crippen molar-refractivity contribution < 1.29 is 17.7 Å². The summed E-state index contributed by atoms with van der Waals surface area (Å²) < 4.78 is 32.9. The molecule has 36 heavy (non-hydrogen) atoms. The van der Waals surface area contributed by atoms with E-state index in [4.69, 9.17) is 16.1 Å². The monoisotopic (exact) mass is 530 g/mol. The SMILES string of the molecule is CN(Cc1nc(-c2ccc(C(C)(C)C)cc2)no1)C(=O)[C@@H]1CCCN(S(=O)(=O)c2ccc(Cl)cc2)C1. The van der Waals surface area contributed by atoms with Gasteiger partial charge in [-0.15, -0.1) is 0 Å². The van der Waals surface area contributed by atoms with Gasteiger partial charge in [-0.3, -0.25) is 4.79 Å². The summed E-state index contributed by atoms with van der Waals surface area (Å²) in [6.07, 6.45) is 1.22. The second-order valence-electron chi connectivity index (χ2n) is 10.2. The quantitative estimate of drug-likeness (QED) is 0.456. The second kappa shape index (κ2) is 10.3. The van der Waals surface area contributed by atoms with Crippen molar-refractivity contribution in [2.24, 2.45) is 5.92 Å². The fourth-order valence-corrected chi connectivity index (χ4v) is 5.92. The summed E-state index contributed by atoms with van der Waals surface area (Å²) in [6, 6.07) is 14.1. The molecule has 192 valence electrons. The number of benzene rings is 2. The number of nitrogens with zero attached hydrogens (tertiary/aromatic N) is 4. The molecule has 1 aromatic heterocycles. The van der Waals surface area contributed by atoms with Crippen molar-refractivity contribution in [3.05, 3.63) is 65.0 Å². The van der Waals surface area contributed by atoms with E-state index in [0.717, 1.165) is 5.56 Å². The average Bonchev–Trinajstić information content (AvgIpc) is 3.32. The number of rotatable bonds is 6. The number of carbonyl (C=O) groups excluding carboxylic acids is 1. The maximum atomic E-state index is 13.2. The molecule has 0 N–H and O–H groups in total. The molecular weight excluding hydrogens is 500 g/mol. The molecule has 1 aliphatic rings.